The number of ether oxygens (including phenoxy) is 1. The maximum absolute atomic E-state index is 10.5. The van der Waals surface area contributed by atoms with Crippen LogP contribution in [0.5, 0.6) is 5.75 Å². The van der Waals surface area contributed by atoms with E-state index in [0.29, 0.717) is 12.5 Å². The van der Waals surface area contributed by atoms with Crippen LogP contribution in [0.4, 0.5) is 0 Å². The maximum Gasteiger partial charge on any atom is 0.124 e. The number of nitrogens with zero attached hydrogens (tertiary/aromatic N) is 1. The topological polar surface area (TPSA) is 29.5 Å². The maximum atomic E-state index is 10.5. The second kappa shape index (κ2) is 5.32. The van der Waals surface area contributed by atoms with E-state index in [1.807, 2.05) is 24.3 Å². The number of rotatable bonds is 5. The van der Waals surface area contributed by atoms with Crippen LogP contribution < -0.4 is 4.74 Å². The van der Waals surface area contributed by atoms with Crippen LogP contribution in [0, 0.1) is 0 Å². The molecule has 1 atom stereocenters. The molecule has 3 nitrogen and oxygen atoms in total. The van der Waals surface area contributed by atoms with E-state index in [2.05, 4.69) is 18.9 Å². The lowest BCUT2D eigenvalue weighted by molar-refractivity contribution is -0.108. The van der Waals surface area contributed by atoms with Crippen LogP contribution in [0.2, 0.25) is 0 Å². The Morgan fingerprint density at radius 3 is 2.94 bits per heavy atom. The predicted octanol–water partition coefficient (Wildman–Crippen LogP) is 2.07. The molecule has 0 N–H and O–H groups in total. The monoisotopic (exact) mass is 233 g/mol. The van der Waals surface area contributed by atoms with E-state index in [4.69, 9.17) is 4.74 Å². The quantitative estimate of drug-likeness (QED) is 0.729. The first-order valence-electron chi connectivity index (χ1n) is 6.08. The molecule has 1 aliphatic heterocycles. The molecule has 1 aromatic carbocycles. The highest BCUT2D eigenvalue weighted by atomic mass is 16.5. The third kappa shape index (κ3) is 3.07. The van der Waals surface area contributed by atoms with E-state index in [1.54, 1.807) is 0 Å². The Balaban J connectivity index is 1.98. The molecule has 2 rings (SSSR count). The molecule has 3 heteroatoms. The van der Waals surface area contributed by atoms with Crippen molar-refractivity contribution in [2.24, 2.45) is 0 Å². The van der Waals surface area contributed by atoms with Crippen molar-refractivity contribution in [1.29, 1.82) is 0 Å². The minimum absolute atomic E-state index is 0.264. The minimum atomic E-state index is 0.264. The Bertz CT molecular complexity index is 386. The summed E-state index contributed by atoms with van der Waals surface area (Å²) in [6.07, 6.45) is 1.85. The summed E-state index contributed by atoms with van der Waals surface area (Å²) < 4.78 is 5.86. The molecule has 1 aliphatic rings. The Morgan fingerprint density at radius 2 is 2.29 bits per heavy atom. The van der Waals surface area contributed by atoms with Gasteiger partial charge in [-0.2, -0.15) is 0 Å². The van der Waals surface area contributed by atoms with Crippen molar-refractivity contribution in [3.63, 3.8) is 0 Å². The molecule has 0 aliphatic carbocycles. The summed E-state index contributed by atoms with van der Waals surface area (Å²) in [4.78, 5) is 12.7. The Morgan fingerprint density at radius 1 is 1.53 bits per heavy atom. The molecular formula is C14H19NO2. The van der Waals surface area contributed by atoms with E-state index in [9.17, 15) is 4.79 Å². The number of carbonyl (C=O) groups excluding carboxylic acids is 1. The molecule has 1 aromatic rings. The molecule has 1 unspecified atom stereocenters. The van der Waals surface area contributed by atoms with Crippen molar-refractivity contribution in [3.8, 4) is 5.75 Å². The zero-order chi connectivity index (χ0) is 12.3. The van der Waals surface area contributed by atoms with Gasteiger partial charge in [-0.05, 0) is 30.7 Å². The Labute approximate surface area is 102 Å². The van der Waals surface area contributed by atoms with Gasteiger partial charge in [0.2, 0.25) is 0 Å². The van der Waals surface area contributed by atoms with Crippen molar-refractivity contribution < 1.29 is 9.53 Å². The Hall–Kier alpha value is -1.35. The molecule has 17 heavy (non-hydrogen) atoms. The number of carbonyl (C=O) groups is 1. The van der Waals surface area contributed by atoms with E-state index in [1.165, 1.54) is 5.56 Å². The van der Waals surface area contributed by atoms with E-state index in [0.717, 1.165) is 25.1 Å². The highest BCUT2D eigenvalue weighted by Gasteiger charge is 2.24. The Kier molecular flexibility index (Phi) is 3.79. The number of likely N-dealkylation sites (N-methyl/N-ethyl adjacent to an activating group) is 1. The summed E-state index contributed by atoms with van der Waals surface area (Å²) in [5.41, 5.74) is 1.17. The summed E-state index contributed by atoms with van der Waals surface area (Å²) in [6.45, 7) is 4.05. The second-order valence-corrected chi connectivity index (χ2v) is 4.84. The zero-order valence-corrected chi connectivity index (χ0v) is 10.4. The van der Waals surface area contributed by atoms with Gasteiger partial charge in [0.1, 0.15) is 18.1 Å². The molecule has 0 aromatic heterocycles. The average molecular weight is 233 g/mol. The van der Waals surface area contributed by atoms with Crippen molar-refractivity contribution in [1.82, 2.24) is 4.90 Å². The summed E-state index contributed by atoms with van der Waals surface area (Å²) >= 11 is 0. The zero-order valence-electron chi connectivity index (χ0n) is 10.4. The van der Waals surface area contributed by atoms with Crippen LogP contribution in [0.15, 0.2) is 24.3 Å². The molecule has 0 spiro atoms. The summed E-state index contributed by atoms with van der Waals surface area (Å²) in [5, 5.41) is 0. The highest BCUT2D eigenvalue weighted by Crippen LogP contribution is 2.24. The lowest BCUT2D eigenvalue weighted by atomic mass is 9.98. The smallest absolute Gasteiger partial charge is 0.124 e. The SMILES string of the molecule is CC(CC=O)c1cccc(OC2CN(C)C2)c1. The van der Waals surface area contributed by atoms with Gasteiger partial charge < -0.3 is 9.53 Å². The number of hydrogen-bond acceptors (Lipinski definition) is 3. The van der Waals surface area contributed by atoms with Gasteiger partial charge in [0, 0.05) is 19.5 Å². The van der Waals surface area contributed by atoms with Crippen LogP contribution in [-0.4, -0.2) is 37.4 Å². The fraction of sp³-hybridized carbons (Fsp3) is 0.500. The van der Waals surface area contributed by atoms with Crippen LogP contribution in [-0.2, 0) is 4.79 Å². The molecule has 92 valence electrons. The van der Waals surface area contributed by atoms with Crippen molar-refractivity contribution in [2.45, 2.75) is 25.4 Å². The fourth-order valence-corrected chi connectivity index (χ4v) is 2.08. The van der Waals surface area contributed by atoms with Gasteiger partial charge >= 0.3 is 0 Å². The van der Waals surface area contributed by atoms with Gasteiger partial charge in [-0.3, -0.25) is 4.90 Å². The van der Waals surface area contributed by atoms with E-state index >= 15 is 0 Å². The molecule has 1 fully saturated rings. The van der Waals surface area contributed by atoms with Gasteiger partial charge in [-0.25, -0.2) is 0 Å². The lowest BCUT2D eigenvalue weighted by Crippen LogP contribution is -2.51. The van der Waals surface area contributed by atoms with Gasteiger partial charge in [0.15, 0.2) is 0 Å². The normalized spacial score (nSPS) is 18.5. The summed E-state index contributed by atoms with van der Waals surface area (Å²) in [5.74, 6) is 1.18. The summed E-state index contributed by atoms with van der Waals surface area (Å²) in [6, 6.07) is 8.07. The fourth-order valence-electron chi connectivity index (χ4n) is 2.08. The van der Waals surface area contributed by atoms with Crippen molar-refractivity contribution >= 4 is 6.29 Å². The molecule has 0 amide bonds. The third-order valence-electron chi connectivity index (χ3n) is 3.21. The van der Waals surface area contributed by atoms with Gasteiger partial charge in [0.25, 0.3) is 0 Å². The van der Waals surface area contributed by atoms with Gasteiger partial charge in [-0.1, -0.05) is 19.1 Å². The van der Waals surface area contributed by atoms with Crippen LogP contribution >= 0.6 is 0 Å². The van der Waals surface area contributed by atoms with E-state index in [-0.39, 0.29) is 5.92 Å². The number of likely N-dealkylation sites (tertiary alicyclic amines) is 1. The lowest BCUT2D eigenvalue weighted by Gasteiger charge is -2.36. The molecule has 1 saturated heterocycles. The van der Waals surface area contributed by atoms with E-state index < -0.39 is 0 Å². The third-order valence-corrected chi connectivity index (χ3v) is 3.21. The first kappa shape index (κ1) is 12.1. The highest BCUT2D eigenvalue weighted by molar-refractivity contribution is 5.51. The van der Waals surface area contributed by atoms with Gasteiger partial charge in [0.05, 0.1) is 0 Å². The molecular weight excluding hydrogens is 214 g/mol. The minimum Gasteiger partial charge on any atom is -0.488 e. The predicted molar refractivity (Wildman–Crippen MR) is 67.5 cm³/mol. The number of aldehydes is 1. The van der Waals surface area contributed by atoms with Crippen molar-refractivity contribution in [2.75, 3.05) is 20.1 Å². The number of hydrogen-bond donors (Lipinski definition) is 0. The van der Waals surface area contributed by atoms with Crippen LogP contribution in [0.3, 0.4) is 0 Å². The first-order chi connectivity index (χ1) is 8.19. The average Bonchev–Trinajstić information content (AvgIpc) is 2.28. The standard InChI is InChI=1S/C14H19NO2/c1-11(6-7-16)12-4-3-5-13(8-12)17-14-9-15(2)10-14/h3-5,7-8,11,14H,6,9-10H2,1-2H3. The number of benzene rings is 1. The van der Waals surface area contributed by atoms with Crippen LogP contribution in [0.25, 0.3) is 0 Å². The largest absolute Gasteiger partial charge is 0.488 e. The first-order valence-corrected chi connectivity index (χ1v) is 6.08. The summed E-state index contributed by atoms with van der Waals surface area (Å²) in [7, 11) is 2.09. The second-order valence-electron chi connectivity index (χ2n) is 4.84. The van der Waals surface area contributed by atoms with Crippen molar-refractivity contribution in [3.05, 3.63) is 29.8 Å². The molecule has 0 saturated carbocycles. The van der Waals surface area contributed by atoms with Crippen LogP contribution in [0.1, 0.15) is 24.8 Å². The molecule has 0 bridgehead atoms. The molecule has 1 heterocycles. The van der Waals surface area contributed by atoms with Gasteiger partial charge in [-0.15, -0.1) is 0 Å². The molecule has 0 radical (unpaired) electrons.